The van der Waals surface area contributed by atoms with Gasteiger partial charge in [0.2, 0.25) is 0 Å². The molecule has 0 N–H and O–H groups in total. The molecule has 2 radical (unpaired) electrons. The maximum absolute atomic E-state index is 10.4. The van der Waals surface area contributed by atoms with Gasteiger partial charge in [-0.3, -0.25) is 6.79 Å². The van der Waals surface area contributed by atoms with Crippen molar-refractivity contribution in [1.82, 2.24) is 0 Å². The van der Waals surface area contributed by atoms with E-state index in [0.29, 0.717) is 6.10 Å². The Hall–Kier alpha value is -2.73. The van der Waals surface area contributed by atoms with Crippen molar-refractivity contribution >= 4 is 13.3 Å². The summed E-state index contributed by atoms with van der Waals surface area (Å²) in [6, 6.07) is 19.1. The van der Waals surface area contributed by atoms with E-state index < -0.39 is 0 Å². The summed E-state index contributed by atoms with van der Waals surface area (Å²) < 4.78 is 4.89. The van der Waals surface area contributed by atoms with Crippen LogP contribution in [-0.2, 0) is 53.3 Å². The van der Waals surface area contributed by atoms with Crippen LogP contribution in [0.15, 0.2) is 60.7 Å². The van der Waals surface area contributed by atoms with Gasteiger partial charge in [0.15, 0.2) is 0 Å². The SMILES string of the molecule is Cc1c(C)c(C)[c-](C)c1C.Cc1c(C)c(C)[c-](C)c1C.O=[C-]O[C-]([CH-]c1ccccc1)c1ccccc1.[CH-]=O.[Rh].[Rh]. The zero-order valence-corrected chi connectivity index (χ0v) is 29.1. The van der Waals surface area contributed by atoms with E-state index in [2.05, 4.69) is 76.0 Å². The molecule has 0 saturated heterocycles. The van der Waals surface area contributed by atoms with Crippen molar-refractivity contribution in [3.63, 3.8) is 0 Å². The summed E-state index contributed by atoms with van der Waals surface area (Å²) in [6.45, 7) is 26.7. The first-order valence-electron chi connectivity index (χ1n) is 13.0. The monoisotopic (exact) mass is 728 g/mol. The molecule has 41 heavy (non-hydrogen) atoms. The van der Waals surface area contributed by atoms with Crippen molar-refractivity contribution in [2.45, 2.75) is 69.2 Å². The summed E-state index contributed by atoms with van der Waals surface area (Å²) in [5.41, 5.74) is 16.5. The summed E-state index contributed by atoms with van der Waals surface area (Å²) in [4.78, 5) is 18.1. The smallest absolute Gasteiger partial charge is 0 e. The Morgan fingerprint density at radius 2 is 0.951 bits per heavy atom. The Morgan fingerprint density at radius 1 is 0.634 bits per heavy atom. The summed E-state index contributed by atoms with van der Waals surface area (Å²) in [5, 5.41) is 0. The Bertz CT molecular complexity index is 1090. The second-order valence-corrected chi connectivity index (χ2v) is 9.72. The van der Waals surface area contributed by atoms with E-state index in [1.54, 1.807) is 6.42 Å². The number of hydrogen-bond donors (Lipinski definition) is 0. The largest absolute Gasteiger partial charge is 0.688 e. The van der Waals surface area contributed by atoms with E-state index >= 15 is 0 Å². The van der Waals surface area contributed by atoms with Gasteiger partial charge in [-0.25, -0.2) is 0 Å². The number of hydrogen-bond acceptors (Lipinski definition) is 3. The molecule has 0 fully saturated rings. The topological polar surface area (TPSA) is 43.4 Å². The second kappa shape index (κ2) is 20.2. The van der Waals surface area contributed by atoms with E-state index in [4.69, 9.17) is 9.53 Å². The third-order valence-corrected chi connectivity index (χ3v) is 7.93. The minimum Gasteiger partial charge on any atom is -0.688 e. The first kappa shape index (κ1) is 40.4. The molecular weight excluding hydrogens is 686 g/mol. The van der Waals surface area contributed by atoms with Crippen LogP contribution in [0.2, 0.25) is 0 Å². The molecule has 0 saturated carbocycles. The minimum atomic E-state index is 0. The van der Waals surface area contributed by atoms with Crippen LogP contribution in [0.5, 0.6) is 0 Å². The molecule has 3 nitrogen and oxygen atoms in total. The molecule has 228 valence electrons. The summed E-state index contributed by atoms with van der Waals surface area (Å²) in [7, 11) is 0. The molecule has 0 aliphatic rings. The van der Waals surface area contributed by atoms with E-state index in [-0.39, 0.29) is 39.0 Å². The van der Waals surface area contributed by atoms with Crippen LogP contribution in [0.25, 0.3) is 0 Å². The summed E-state index contributed by atoms with van der Waals surface area (Å²) >= 11 is 0. The van der Waals surface area contributed by atoms with Crippen LogP contribution in [0.1, 0.15) is 66.8 Å². The van der Waals surface area contributed by atoms with Gasteiger partial charge >= 0.3 is 0 Å². The molecule has 0 aliphatic carbocycles. The van der Waals surface area contributed by atoms with Crippen LogP contribution in [0.4, 0.5) is 0 Å². The first-order chi connectivity index (χ1) is 18.5. The van der Waals surface area contributed by atoms with Crippen molar-refractivity contribution < 1.29 is 53.3 Å². The van der Waals surface area contributed by atoms with Gasteiger partial charge < -0.3 is 14.3 Å². The van der Waals surface area contributed by atoms with Gasteiger partial charge in [0.05, 0.1) is 0 Å². The standard InChI is InChI=1S/C15H11O2.2C10H15.CHO.2Rh/c16-12-17-15(14-9-5-2-6-10-14)11-13-7-3-1-4-8-13;2*1-6-7(2)9(4)10(5)8(6)3;1-2;;/h1-11H;2*1-5H3;1H;;/q-3;3*-1;;. The fraction of sp³-hybridized carbons (Fsp3) is 0.278. The van der Waals surface area contributed by atoms with Crippen LogP contribution in [-0.4, -0.2) is 13.3 Å². The third kappa shape index (κ3) is 11.2. The molecule has 0 atom stereocenters. The Balaban J connectivity index is 0. The van der Waals surface area contributed by atoms with Gasteiger partial charge in [-0.05, 0) is 0 Å². The van der Waals surface area contributed by atoms with E-state index in [1.165, 1.54) is 62.1 Å². The van der Waals surface area contributed by atoms with Crippen LogP contribution < -0.4 is 0 Å². The van der Waals surface area contributed by atoms with Crippen molar-refractivity contribution in [3.05, 3.63) is 140 Å². The fourth-order valence-corrected chi connectivity index (χ4v) is 4.33. The average molecular weight is 729 g/mol. The summed E-state index contributed by atoms with van der Waals surface area (Å²) in [6.07, 6.45) is 2.30. The molecule has 0 bridgehead atoms. The molecule has 0 amide bonds. The van der Waals surface area contributed by atoms with Crippen molar-refractivity contribution in [1.29, 1.82) is 0 Å². The quantitative estimate of drug-likeness (QED) is 0.118. The molecule has 0 aromatic heterocycles. The number of ether oxygens (including phenoxy) is 1. The molecule has 5 heteroatoms. The molecule has 4 rings (SSSR count). The molecule has 0 heterocycles. The maximum Gasteiger partial charge on any atom is 0 e. The molecule has 0 spiro atoms. The zero-order valence-electron chi connectivity index (χ0n) is 25.8. The van der Waals surface area contributed by atoms with Crippen molar-refractivity contribution in [2.24, 2.45) is 0 Å². The van der Waals surface area contributed by atoms with Crippen molar-refractivity contribution in [2.75, 3.05) is 0 Å². The summed E-state index contributed by atoms with van der Waals surface area (Å²) in [5.74, 6) is 0. The first-order valence-corrected chi connectivity index (χ1v) is 13.0. The van der Waals surface area contributed by atoms with Gasteiger partial charge in [0.25, 0.3) is 0 Å². The minimum absolute atomic E-state index is 0. The molecule has 4 aromatic carbocycles. The Morgan fingerprint density at radius 3 is 1.22 bits per heavy atom. The number of benzene rings is 2. The average Bonchev–Trinajstić information content (AvgIpc) is 3.25. The Labute approximate surface area is 274 Å². The van der Waals surface area contributed by atoms with Gasteiger partial charge in [-0.15, -0.1) is 24.3 Å². The number of carbonyl (C=O) groups excluding carboxylic acids is 2. The molecule has 0 aliphatic heterocycles. The predicted octanol–water partition coefficient (Wildman–Crippen LogP) is 8.52. The number of rotatable bonds is 5. The van der Waals surface area contributed by atoms with Gasteiger partial charge in [0, 0.05) is 39.0 Å². The van der Waals surface area contributed by atoms with E-state index in [1.807, 2.05) is 60.7 Å². The van der Waals surface area contributed by atoms with E-state index in [9.17, 15) is 4.79 Å². The maximum atomic E-state index is 10.4. The molecule has 0 unspecified atom stereocenters. The molecule has 4 aromatic rings. The predicted molar refractivity (Wildman–Crippen MR) is 164 cm³/mol. The van der Waals surface area contributed by atoms with Gasteiger partial charge in [-0.1, -0.05) is 93.9 Å². The second-order valence-electron chi connectivity index (χ2n) is 9.72. The third-order valence-electron chi connectivity index (χ3n) is 7.93. The van der Waals surface area contributed by atoms with E-state index in [0.717, 1.165) is 11.1 Å². The Kier molecular flexibility index (Phi) is 19.9. The van der Waals surface area contributed by atoms with Gasteiger partial charge in [0.1, 0.15) is 0 Å². The van der Waals surface area contributed by atoms with Crippen molar-refractivity contribution in [3.8, 4) is 0 Å². The van der Waals surface area contributed by atoms with Crippen LogP contribution >= 0.6 is 0 Å². The zero-order chi connectivity index (χ0) is 29.7. The fourth-order valence-electron chi connectivity index (χ4n) is 4.33. The van der Waals surface area contributed by atoms with Crippen LogP contribution in [0.3, 0.4) is 0 Å². The van der Waals surface area contributed by atoms with Crippen LogP contribution in [0, 0.1) is 81.8 Å². The van der Waals surface area contributed by atoms with Gasteiger partial charge in [-0.2, -0.15) is 97.4 Å². The molecular formula is C36H42O3Rh2-6. The normalized spacial score (nSPS) is 9.12.